The SMILES string of the molecule is N#CCCN1CCN(Cc2ccc(OCCOc3ccccc3)cc2OCCOc2ccccc2)CC1. The van der Waals surface area contributed by atoms with E-state index < -0.39 is 0 Å². The quantitative estimate of drug-likeness (QED) is 0.298. The van der Waals surface area contributed by atoms with Gasteiger partial charge in [-0.2, -0.15) is 5.26 Å². The maximum Gasteiger partial charge on any atom is 0.127 e. The Hall–Kier alpha value is -3.73. The molecule has 0 N–H and O–H groups in total. The summed E-state index contributed by atoms with van der Waals surface area (Å²) in [5.41, 5.74) is 1.12. The van der Waals surface area contributed by atoms with Gasteiger partial charge in [-0.05, 0) is 30.3 Å². The highest BCUT2D eigenvalue weighted by atomic mass is 16.5. The molecule has 194 valence electrons. The maximum absolute atomic E-state index is 8.84. The van der Waals surface area contributed by atoms with E-state index in [4.69, 9.17) is 24.2 Å². The normalized spacial score (nSPS) is 14.0. The molecule has 1 aliphatic heterocycles. The number of rotatable bonds is 14. The van der Waals surface area contributed by atoms with E-state index in [2.05, 4.69) is 21.9 Å². The minimum atomic E-state index is 0.435. The largest absolute Gasteiger partial charge is 0.490 e. The molecule has 3 aromatic rings. The van der Waals surface area contributed by atoms with Crippen molar-refractivity contribution >= 4 is 0 Å². The Morgan fingerprint density at radius 2 is 1.16 bits per heavy atom. The van der Waals surface area contributed by atoms with Crippen LogP contribution in [0.5, 0.6) is 23.0 Å². The minimum Gasteiger partial charge on any atom is -0.490 e. The molecule has 0 bridgehead atoms. The van der Waals surface area contributed by atoms with Gasteiger partial charge in [0.15, 0.2) is 0 Å². The minimum absolute atomic E-state index is 0.435. The second-order valence-corrected chi connectivity index (χ2v) is 8.82. The van der Waals surface area contributed by atoms with E-state index >= 15 is 0 Å². The molecule has 7 heteroatoms. The molecule has 0 unspecified atom stereocenters. The van der Waals surface area contributed by atoms with Crippen molar-refractivity contribution in [3.8, 4) is 29.1 Å². The smallest absolute Gasteiger partial charge is 0.127 e. The summed E-state index contributed by atoms with van der Waals surface area (Å²) in [5.74, 6) is 3.22. The van der Waals surface area contributed by atoms with Crippen molar-refractivity contribution in [3.63, 3.8) is 0 Å². The molecule has 37 heavy (non-hydrogen) atoms. The highest BCUT2D eigenvalue weighted by Crippen LogP contribution is 2.27. The van der Waals surface area contributed by atoms with Gasteiger partial charge in [-0.15, -0.1) is 0 Å². The van der Waals surface area contributed by atoms with Crippen molar-refractivity contribution in [3.05, 3.63) is 84.4 Å². The van der Waals surface area contributed by atoms with Gasteiger partial charge in [-0.25, -0.2) is 0 Å². The van der Waals surface area contributed by atoms with E-state index in [0.717, 1.165) is 67.8 Å². The zero-order chi connectivity index (χ0) is 25.5. The fourth-order valence-electron chi connectivity index (χ4n) is 4.17. The van der Waals surface area contributed by atoms with Crippen molar-refractivity contribution in [2.45, 2.75) is 13.0 Å². The molecule has 1 fully saturated rings. The summed E-state index contributed by atoms with van der Waals surface area (Å²) >= 11 is 0. The second-order valence-electron chi connectivity index (χ2n) is 8.82. The summed E-state index contributed by atoms with van der Waals surface area (Å²) < 4.78 is 23.7. The fourth-order valence-corrected chi connectivity index (χ4v) is 4.17. The van der Waals surface area contributed by atoms with Crippen LogP contribution in [0.4, 0.5) is 0 Å². The molecule has 3 aromatic carbocycles. The van der Waals surface area contributed by atoms with Crippen LogP contribution in [0.15, 0.2) is 78.9 Å². The van der Waals surface area contributed by atoms with Crippen molar-refractivity contribution in [1.29, 1.82) is 5.26 Å². The first-order valence-electron chi connectivity index (χ1n) is 12.9. The molecule has 1 heterocycles. The third kappa shape index (κ3) is 9.02. The van der Waals surface area contributed by atoms with Crippen LogP contribution in [0, 0.1) is 11.3 Å². The third-order valence-electron chi connectivity index (χ3n) is 6.15. The van der Waals surface area contributed by atoms with Crippen molar-refractivity contribution in [1.82, 2.24) is 9.80 Å². The van der Waals surface area contributed by atoms with Crippen LogP contribution >= 0.6 is 0 Å². The van der Waals surface area contributed by atoms with Crippen LogP contribution in [0.25, 0.3) is 0 Å². The van der Waals surface area contributed by atoms with Crippen LogP contribution in [0.1, 0.15) is 12.0 Å². The van der Waals surface area contributed by atoms with Crippen LogP contribution in [0.3, 0.4) is 0 Å². The first-order chi connectivity index (χ1) is 18.3. The predicted octanol–water partition coefficient (Wildman–Crippen LogP) is 4.63. The molecule has 0 amide bonds. The highest BCUT2D eigenvalue weighted by Gasteiger charge is 2.18. The van der Waals surface area contributed by atoms with Crippen LogP contribution in [-0.4, -0.2) is 69.0 Å². The van der Waals surface area contributed by atoms with E-state index in [1.807, 2.05) is 72.8 Å². The van der Waals surface area contributed by atoms with E-state index in [1.165, 1.54) is 0 Å². The Bertz CT molecular complexity index is 1100. The number of hydrogen-bond acceptors (Lipinski definition) is 7. The number of nitrogens with zero attached hydrogens (tertiary/aromatic N) is 3. The van der Waals surface area contributed by atoms with Gasteiger partial charge in [0.1, 0.15) is 49.4 Å². The van der Waals surface area contributed by atoms with Gasteiger partial charge < -0.3 is 18.9 Å². The molecule has 0 atom stereocenters. The van der Waals surface area contributed by atoms with Crippen molar-refractivity contribution in [2.24, 2.45) is 0 Å². The Labute approximate surface area is 219 Å². The van der Waals surface area contributed by atoms with E-state index in [0.29, 0.717) is 32.8 Å². The summed E-state index contributed by atoms with van der Waals surface area (Å²) in [6.45, 7) is 7.34. The second kappa shape index (κ2) is 14.7. The van der Waals surface area contributed by atoms with Crippen molar-refractivity contribution in [2.75, 3.05) is 59.2 Å². The summed E-state index contributed by atoms with van der Waals surface area (Å²) in [5, 5.41) is 8.84. The van der Waals surface area contributed by atoms with E-state index in [9.17, 15) is 0 Å². The summed E-state index contributed by atoms with van der Waals surface area (Å²) in [6.07, 6.45) is 0.584. The first kappa shape index (κ1) is 26.3. The number of ether oxygens (including phenoxy) is 4. The molecule has 7 nitrogen and oxygen atoms in total. The van der Waals surface area contributed by atoms with Gasteiger partial charge >= 0.3 is 0 Å². The summed E-state index contributed by atoms with van der Waals surface area (Å²) in [4.78, 5) is 4.78. The van der Waals surface area contributed by atoms with Gasteiger partial charge in [0.2, 0.25) is 0 Å². The monoisotopic (exact) mass is 501 g/mol. The topological polar surface area (TPSA) is 67.2 Å². The molecule has 1 aliphatic rings. The fraction of sp³-hybridized carbons (Fsp3) is 0.367. The number of para-hydroxylation sites is 2. The van der Waals surface area contributed by atoms with Gasteiger partial charge in [0.05, 0.1) is 6.07 Å². The Balaban J connectivity index is 1.31. The summed E-state index contributed by atoms with van der Waals surface area (Å²) in [7, 11) is 0. The Kier molecular flexibility index (Phi) is 10.5. The number of piperazine rings is 1. The molecule has 0 aromatic heterocycles. The van der Waals surface area contributed by atoms with E-state index in [1.54, 1.807) is 0 Å². The predicted molar refractivity (Wildman–Crippen MR) is 143 cm³/mol. The van der Waals surface area contributed by atoms with Crippen LogP contribution in [-0.2, 0) is 6.54 Å². The van der Waals surface area contributed by atoms with Crippen LogP contribution < -0.4 is 18.9 Å². The third-order valence-corrected chi connectivity index (χ3v) is 6.15. The highest BCUT2D eigenvalue weighted by molar-refractivity contribution is 5.41. The van der Waals surface area contributed by atoms with E-state index in [-0.39, 0.29) is 0 Å². The van der Waals surface area contributed by atoms with Gasteiger partial charge in [0, 0.05) is 57.3 Å². The lowest BCUT2D eigenvalue weighted by atomic mass is 10.1. The van der Waals surface area contributed by atoms with Crippen molar-refractivity contribution < 1.29 is 18.9 Å². The van der Waals surface area contributed by atoms with Gasteiger partial charge in [-0.3, -0.25) is 9.80 Å². The molecule has 1 saturated heterocycles. The average molecular weight is 502 g/mol. The average Bonchev–Trinajstić information content (AvgIpc) is 2.95. The molecular formula is C30H35N3O4. The molecule has 0 radical (unpaired) electrons. The zero-order valence-electron chi connectivity index (χ0n) is 21.3. The van der Waals surface area contributed by atoms with Gasteiger partial charge in [0.25, 0.3) is 0 Å². The standard InChI is InChI=1S/C30H35N3O4/c31-14-7-15-32-16-18-33(19-17-32)25-26-12-13-29(36-21-20-34-27-8-3-1-4-9-27)24-30(26)37-23-22-35-28-10-5-2-6-11-28/h1-6,8-13,24H,7,15-23,25H2. The number of hydrogen-bond donors (Lipinski definition) is 0. The molecule has 0 spiro atoms. The lowest BCUT2D eigenvalue weighted by molar-refractivity contribution is 0.127. The lowest BCUT2D eigenvalue weighted by Crippen LogP contribution is -2.46. The van der Waals surface area contributed by atoms with Crippen LogP contribution in [0.2, 0.25) is 0 Å². The molecule has 0 saturated carbocycles. The summed E-state index contributed by atoms with van der Waals surface area (Å²) in [6, 6.07) is 27.8. The van der Waals surface area contributed by atoms with Gasteiger partial charge in [-0.1, -0.05) is 42.5 Å². The molecular weight excluding hydrogens is 466 g/mol. The first-order valence-corrected chi connectivity index (χ1v) is 12.9. The maximum atomic E-state index is 8.84. The number of benzene rings is 3. The number of nitriles is 1. The Morgan fingerprint density at radius 1 is 0.622 bits per heavy atom. The Morgan fingerprint density at radius 3 is 1.76 bits per heavy atom. The lowest BCUT2D eigenvalue weighted by Gasteiger charge is -2.34. The molecule has 0 aliphatic carbocycles. The zero-order valence-corrected chi connectivity index (χ0v) is 21.3. The molecule has 4 rings (SSSR count).